The number of benzene rings is 1. The van der Waals surface area contributed by atoms with Crippen LogP contribution in [0.2, 0.25) is 5.02 Å². The van der Waals surface area contributed by atoms with Crippen LogP contribution in [0, 0.1) is 0 Å². The van der Waals surface area contributed by atoms with Gasteiger partial charge in [-0.05, 0) is 44.5 Å². The summed E-state index contributed by atoms with van der Waals surface area (Å²) in [5.41, 5.74) is 0.669. The van der Waals surface area contributed by atoms with Crippen molar-refractivity contribution in [1.82, 2.24) is 10.2 Å². The SMILES string of the molecule is CCN(CC1CCCN1)C(=O)c1cccc(Cl)c1. The van der Waals surface area contributed by atoms with Crippen LogP contribution in [-0.4, -0.2) is 36.5 Å². The van der Waals surface area contributed by atoms with Gasteiger partial charge in [-0.2, -0.15) is 0 Å². The van der Waals surface area contributed by atoms with E-state index in [0.717, 1.165) is 26.1 Å². The molecule has 1 unspecified atom stereocenters. The number of halogens is 1. The first-order valence-electron chi connectivity index (χ1n) is 6.49. The Morgan fingerprint density at radius 3 is 3.00 bits per heavy atom. The fourth-order valence-electron chi connectivity index (χ4n) is 2.34. The van der Waals surface area contributed by atoms with Gasteiger partial charge in [0.2, 0.25) is 0 Å². The lowest BCUT2D eigenvalue weighted by molar-refractivity contribution is 0.0751. The van der Waals surface area contributed by atoms with Gasteiger partial charge >= 0.3 is 0 Å². The van der Waals surface area contributed by atoms with Crippen molar-refractivity contribution >= 4 is 17.5 Å². The van der Waals surface area contributed by atoms with Gasteiger partial charge in [-0.15, -0.1) is 0 Å². The minimum absolute atomic E-state index is 0.0636. The summed E-state index contributed by atoms with van der Waals surface area (Å²) in [7, 11) is 0. The maximum atomic E-state index is 12.4. The molecule has 3 nitrogen and oxygen atoms in total. The second kappa shape index (κ2) is 6.21. The van der Waals surface area contributed by atoms with Gasteiger partial charge in [0.1, 0.15) is 0 Å². The minimum Gasteiger partial charge on any atom is -0.337 e. The highest BCUT2D eigenvalue weighted by Gasteiger charge is 2.21. The van der Waals surface area contributed by atoms with E-state index in [4.69, 9.17) is 11.6 Å². The molecule has 0 saturated carbocycles. The molecule has 0 aromatic heterocycles. The van der Waals surface area contributed by atoms with Crippen molar-refractivity contribution in [2.75, 3.05) is 19.6 Å². The molecule has 0 aliphatic carbocycles. The van der Waals surface area contributed by atoms with E-state index < -0.39 is 0 Å². The zero-order valence-corrected chi connectivity index (χ0v) is 11.4. The molecule has 98 valence electrons. The van der Waals surface area contributed by atoms with Crippen molar-refractivity contribution in [1.29, 1.82) is 0 Å². The molecule has 1 aliphatic heterocycles. The number of hydrogen-bond acceptors (Lipinski definition) is 2. The average molecular weight is 267 g/mol. The Labute approximate surface area is 113 Å². The largest absolute Gasteiger partial charge is 0.337 e. The minimum atomic E-state index is 0.0636. The fourth-order valence-corrected chi connectivity index (χ4v) is 2.53. The molecule has 1 aromatic rings. The average Bonchev–Trinajstić information content (AvgIpc) is 2.88. The number of carbonyl (C=O) groups is 1. The van der Waals surface area contributed by atoms with E-state index >= 15 is 0 Å². The third-order valence-corrected chi connectivity index (χ3v) is 3.58. The fraction of sp³-hybridized carbons (Fsp3) is 0.500. The highest BCUT2D eigenvalue weighted by atomic mass is 35.5. The third-order valence-electron chi connectivity index (χ3n) is 3.34. The number of nitrogens with one attached hydrogen (secondary N) is 1. The lowest BCUT2D eigenvalue weighted by atomic mass is 10.1. The monoisotopic (exact) mass is 266 g/mol. The molecule has 2 rings (SSSR count). The van der Waals surface area contributed by atoms with Crippen LogP contribution < -0.4 is 5.32 Å². The summed E-state index contributed by atoms with van der Waals surface area (Å²) in [5.74, 6) is 0.0636. The van der Waals surface area contributed by atoms with Crippen LogP contribution in [-0.2, 0) is 0 Å². The molecule has 1 atom stereocenters. The Bertz CT molecular complexity index is 416. The van der Waals surface area contributed by atoms with Crippen molar-refractivity contribution in [2.45, 2.75) is 25.8 Å². The van der Waals surface area contributed by atoms with Gasteiger partial charge in [-0.1, -0.05) is 17.7 Å². The maximum Gasteiger partial charge on any atom is 0.253 e. The number of amides is 1. The van der Waals surface area contributed by atoms with Gasteiger partial charge in [0.05, 0.1) is 0 Å². The molecule has 1 amide bonds. The van der Waals surface area contributed by atoms with Crippen molar-refractivity contribution in [2.24, 2.45) is 0 Å². The summed E-state index contributed by atoms with van der Waals surface area (Å²) in [6.45, 7) is 4.58. The van der Waals surface area contributed by atoms with Crippen molar-refractivity contribution < 1.29 is 4.79 Å². The first-order valence-corrected chi connectivity index (χ1v) is 6.86. The van der Waals surface area contributed by atoms with E-state index in [2.05, 4.69) is 5.32 Å². The number of likely N-dealkylation sites (N-methyl/N-ethyl adjacent to an activating group) is 1. The van der Waals surface area contributed by atoms with Gasteiger partial charge in [0.15, 0.2) is 0 Å². The summed E-state index contributed by atoms with van der Waals surface area (Å²) in [6, 6.07) is 7.59. The highest BCUT2D eigenvalue weighted by Crippen LogP contribution is 2.14. The van der Waals surface area contributed by atoms with E-state index in [9.17, 15) is 4.79 Å². The van der Waals surface area contributed by atoms with Gasteiger partial charge in [0.25, 0.3) is 5.91 Å². The molecule has 1 aliphatic rings. The van der Waals surface area contributed by atoms with Crippen molar-refractivity contribution in [3.63, 3.8) is 0 Å². The predicted octanol–water partition coefficient (Wildman–Crippen LogP) is 2.55. The van der Waals surface area contributed by atoms with Crippen LogP contribution in [0.5, 0.6) is 0 Å². The number of hydrogen-bond donors (Lipinski definition) is 1. The second-order valence-corrected chi connectivity index (χ2v) is 5.08. The number of rotatable bonds is 4. The summed E-state index contributed by atoms with van der Waals surface area (Å²) < 4.78 is 0. The Morgan fingerprint density at radius 2 is 2.39 bits per heavy atom. The molecular weight excluding hydrogens is 248 g/mol. The second-order valence-electron chi connectivity index (χ2n) is 4.65. The van der Waals surface area contributed by atoms with E-state index in [0.29, 0.717) is 16.6 Å². The first-order chi connectivity index (χ1) is 8.70. The lowest BCUT2D eigenvalue weighted by Crippen LogP contribution is -2.41. The molecule has 1 fully saturated rings. The Kier molecular flexibility index (Phi) is 4.61. The predicted molar refractivity (Wildman–Crippen MR) is 74.1 cm³/mol. The summed E-state index contributed by atoms with van der Waals surface area (Å²) in [5, 5.41) is 4.03. The van der Waals surface area contributed by atoms with Gasteiger partial charge in [-0.3, -0.25) is 4.79 Å². The smallest absolute Gasteiger partial charge is 0.253 e. The third kappa shape index (κ3) is 3.24. The summed E-state index contributed by atoms with van der Waals surface area (Å²) in [4.78, 5) is 14.2. The van der Waals surface area contributed by atoms with Crippen LogP contribution >= 0.6 is 11.6 Å². The Hall–Kier alpha value is -1.06. The number of nitrogens with zero attached hydrogens (tertiary/aromatic N) is 1. The van der Waals surface area contributed by atoms with Gasteiger partial charge in [0, 0.05) is 29.7 Å². The standard InChI is InChI=1S/C14H19ClN2O/c1-2-17(10-13-7-4-8-16-13)14(18)11-5-3-6-12(15)9-11/h3,5-6,9,13,16H,2,4,7-8,10H2,1H3. The summed E-state index contributed by atoms with van der Waals surface area (Å²) >= 11 is 5.92. The van der Waals surface area contributed by atoms with Crippen LogP contribution in [0.15, 0.2) is 24.3 Å². The topological polar surface area (TPSA) is 32.3 Å². The lowest BCUT2D eigenvalue weighted by Gasteiger charge is -2.24. The van der Waals surface area contributed by atoms with E-state index in [-0.39, 0.29) is 5.91 Å². The zero-order valence-electron chi connectivity index (χ0n) is 10.7. The van der Waals surface area contributed by atoms with Crippen molar-refractivity contribution in [3.05, 3.63) is 34.9 Å². The molecular formula is C14H19ClN2O. The van der Waals surface area contributed by atoms with E-state index in [1.807, 2.05) is 24.0 Å². The Morgan fingerprint density at radius 1 is 1.56 bits per heavy atom. The molecule has 18 heavy (non-hydrogen) atoms. The van der Waals surface area contributed by atoms with E-state index in [1.165, 1.54) is 6.42 Å². The van der Waals surface area contributed by atoms with Crippen LogP contribution in [0.25, 0.3) is 0 Å². The molecule has 1 N–H and O–H groups in total. The molecule has 0 spiro atoms. The number of carbonyl (C=O) groups excluding carboxylic acids is 1. The quantitative estimate of drug-likeness (QED) is 0.908. The molecule has 4 heteroatoms. The normalized spacial score (nSPS) is 18.9. The molecule has 1 saturated heterocycles. The highest BCUT2D eigenvalue weighted by molar-refractivity contribution is 6.30. The van der Waals surface area contributed by atoms with Crippen LogP contribution in [0.1, 0.15) is 30.1 Å². The van der Waals surface area contributed by atoms with Gasteiger partial charge < -0.3 is 10.2 Å². The Balaban J connectivity index is 2.04. The molecule has 0 bridgehead atoms. The van der Waals surface area contributed by atoms with Crippen molar-refractivity contribution in [3.8, 4) is 0 Å². The maximum absolute atomic E-state index is 12.4. The molecule has 1 aromatic carbocycles. The summed E-state index contributed by atoms with van der Waals surface area (Å²) in [6.07, 6.45) is 2.35. The van der Waals surface area contributed by atoms with Crippen LogP contribution in [0.4, 0.5) is 0 Å². The molecule has 0 radical (unpaired) electrons. The first kappa shape index (κ1) is 13.4. The zero-order chi connectivity index (χ0) is 13.0. The molecule has 1 heterocycles. The van der Waals surface area contributed by atoms with Gasteiger partial charge in [-0.25, -0.2) is 0 Å². The van der Waals surface area contributed by atoms with E-state index in [1.54, 1.807) is 12.1 Å². The van der Waals surface area contributed by atoms with Crippen LogP contribution in [0.3, 0.4) is 0 Å².